The first-order chi connectivity index (χ1) is 13.6. The smallest absolute Gasteiger partial charge is 0.265 e. The van der Waals surface area contributed by atoms with Gasteiger partial charge in [0.2, 0.25) is 5.88 Å². The highest BCUT2D eigenvalue weighted by Crippen LogP contribution is 2.24. The van der Waals surface area contributed by atoms with Crippen LogP contribution < -0.4 is 10.1 Å². The van der Waals surface area contributed by atoms with Gasteiger partial charge in [-0.3, -0.25) is 9.36 Å². The zero-order chi connectivity index (χ0) is 19.5. The van der Waals surface area contributed by atoms with Crippen LogP contribution in [0, 0.1) is 6.92 Å². The fraction of sp³-hybridized carbons (Fsp3) is 0.0526. The van der Waals surface area contributed by atoms with Crippen molar-refractivity contribution >= 4 is 34.5 Å². The Kier molecular flexibility index (Phi) is 5.05. The van der Waals surface area contributed by atoms with E-state index in [9.17, 15) is 4.79 Å². The molecule has 0 saturated heterocycles. The molecule has 140 valence electrons. The Labute approximate surface area is 169 Å². The van der Waals surface area contributed by atoms with E-state index in [4.69, 9.17) is 16.3 Å². The van der Waals surface area contributed by atoms with Crippen LogP contribution in [0.3, 0.4) is 0 Å². The lowest BCUT2D eigenvalue weighted by Gasteiger charge is -2.08. The number of halogens is 1. The maximum atomic E-state index is 12.1. The van der Waals surface area contributed by atoms with Gasteiger partial charge in [-0.25, -0.2) is 4.98 Å². The number of benzene rings is 1. The van der Waals surface area contributed by atoms with Crippen LogP contribution in [0.2, 0.25) is 4.34 Å². The molecule has 3 aromatic heterocycles. The van der Waals surface area contributed by atoms with Gasteiger partial charge < -0.3 is 10.1 Å². The van der Waals surface area contributed by atoms with Crippen LogP contribution in [0.5, 0.6) is 11.6 Å². The Morgan fingerprint density at radius 1 is 1.11 bits per heavy atom. The van der Waals surface area contributed by atoms with E-state index in [1.54, 1.807) is 54.7 Å². The number of aryl methyl sites for hydroxylation is 1. The van der Waals surface area contributed by atoms with Crippen molar-refractivity contribution in [2.24, 2.45) is 0 Å². The average molecular weight is 412 g/mol. The quantitative estimate of drug-likeness (QED) is 0.513. The van der Waals surface area contributed by atoms with Crippen molar-refractivity contribution in [3.63, 3.8) is 0 Å². The fourth-order valence-corrected chi connectivity index (χ4v) is 3.41. The highest BCUT2D eigenvalue weighted by molar-refractivity contribution is 7.18. The third-order valence-corrected chi connectivity index (χ3v) is 5.06. The van der Waals surface area contributed by atoms with Crippen molar-refractivity contribution in [3.05, 3.63) is 76.0 Å². The standard InChI is InChI=1S/C19H14ClN5O2S/c1-12-21-10-11-25(12)17-8-9-18(24-23-17)27-14-4-2-13(3-5-14)22-19(26)15-6-7-16(20)28-15/h2-11H,1H3,(H,22,26). The number of carbonyl (C=O) groups is 1. The van der Waals surface area contributed by atoms with Crippen LogP contribution in [0.4, 0.5) is 5.69 Å². The summed E-state index contributed by atoms with van der Waals surface area (Å²) in [7, 11) is 0. The molecule has 0 atom stereocenters. The summed E-state index contributed by atoms with van der Waals surface area (Å²) in [5.41, 5.74) is 0.652. The Bertz CT molecular complexity index is 1110. The van der Waals surface area contributed by atoms with Crippen molar-refractivity contribution in [1.29, 1.82) is 0 Å². The lowest BCUT2D eigenvalue weighted by atomic mass is 10.3. The van der Waals surface area contributed by atoms with Gasteiger partial charge >= 0.3 is 0 Å². The number of hydrogen-bond acceptors (Lipinski definition) is 6. The molecule has 1 amide bonds. The number of nitrogens with one attached hydrogen (secondary N) is 1. The molecule has 3 heterocycles. The number of hydrogen-bond donors (Lipinski definition) is 1. The molecule has 0 radical (unpaired) electrons. The second-order valence-electron chi connectivity index (χ2n) is 5.76. The molecule has 4 rings (SSSR count). The number of ether oxygens (including phenoxy) is 1. The second kappa shape index (κ2) is 7.79. The summed E-state index contributed by atoms with van der Waals surface area (Å²) in [5, 5.41) is 11.0. The first kappa shape index (κ1) is 18.1. The number of thiophene rings is 1. The third kappa shape index (κ3) is 4.03. The van der Waals surface area contributed by atoms with Gasteiger partial charge in [0.1, 0.15) is 11.6 Å². The van der Waals surface area contributed by atoms with Gasteiger partial charge in [0.15, 0.2) is 5.82 Å². The third-order valence-electron chi connectivity index (χ3n) is 3.83. The molecule has 0 aliphatic rings. The van der Waals surface area contributed by atoms with Crippen LogP contribution >= 0.6 is 22.9 Å². The van der Waals surface area contributed by atoms with Gasteiger partial charge in [-0.05, 0) is 49.4 Å². The topological polar surface area (TPSA) is 81.9 Å². The van der Waals surface area contributed by atoms with Crippen LogP contribution in [-0.4, -0.2) is 25.7 Å². The van der Waals surface area contributed by atoms with Gasteiger partial charge in [0.05, 0.1) is 9.21 Å². The first-order valence-corrected chi connectivity index (χ1v) is 9.46. The lowest BCUT2D eigenvalue weighted by molar-refractivity contribution is 0.103. The highest BCUT2D eigenvalue weighted by atomic mass is 35.5. The maximum absolute atomic E-state index is 12.1. The summed E-state index contributed by atoms with van der Waals surface area (Å²) in [6, 6.07) is 13.9. The number of nitrogens with zero attached hydrogens (tertiary/aromatic N) is 4. The van der Waals surface area contributed by atoms with Gasteiger partial charge in [-0.1, -0.05) is 11.6 Å². The second-order valence-corrected chi connectivity index (χ2v) is 7.47. The monoisotopic (exact) mass is 411 g/mol. The van der Waals surface area contributed by atoms with E-state index in [1.807, 2.05) is 17.7 Å². The van der Waals surface area contributed by atoms with E-state index >= 15 is 0 Å². The summed E-state index contributed by atoms with van der Waals surface area (Å²) in [5.74, 6) is 2.23. The van der Waals surface area contributed by atoms with Crippen molar-refractivity contribution in [2.45, 2.75) is 6.92 Å². The van der Waals surface area contributed by atoms with E-state index in [1.165, 1.54) is 11.3 Å². The minimum atomic E-state index is -0.207. The van der Waals surface area contributed by atoms with Crippen LogP contribution in [0.25, 0.3) is 5.82 Å². The molecule has 0 spiro atoms. The Morgan fingerprint density at radius 2 is 1.93 bits per heavy atom. The number of rotatable bonds is 5. The summed E-state index contributed by atoms with van der Waals surface area (Å²) in [6.07, 6.45) is 3.52. The predicted octanol–water partition coefficient (Wildman–Crippen LogP) is 4.73. The molecule has 1 aromatic carbocycles. The van der Waals surface area contributed by atoms with E-state index in [0.29, 0.717) is 32.3 Å². The Balaban J connectivity index is 1.40. The molecule has 7 nitrogen and oxygen atoms in total. The number of aromatic nitrogens is 4. The lowest BCUT2D eigenvalue weighted by Crippen LogP contribution is -2.09. The Morgan fingerprint density at radius 3 is 2.54 bits per heavy atom. The molecular formula is C19H14ClN5O2S. The van der Waals surface area contributed by atoms with E-state index in [2.05, 4.69) is 20.5 Å². The SMILES string of the molecule is Cc1nccn1-c1ccc(Oc2ccc(NC(=O)c3ccc(Cl)s3)cc2)nn1. The van der Waals surface area contributed by atoms with Crippen molar-refractivity contribution in [2.75, 3.05) is 5.32 Å². The molecule has 0 unspecified atom stereocenters. The van der Waals surface area contributed by atoms with Crippen molar-refractivity contribution in [1.82, 2.24) is 19.7 Å². The molecule has 0 bridgehead atoms. The molecule has 0 aliphatic carbocycles. The molecular weight excluding hydrogens is 398 g/mol. The van der Waals surface area contributed by atoms with Crippen LogP contribution in [0.1, 0.15) is 15.5 Å². The summed E-state index contributed by atoms with van der Waals surface area (Å²) < 4.78 is 8.10. The first-order valence-electron chi connectivity index (χ1n) is 8.27. The predicted molar refractivity (Wildman–Crippen MR) is 108 cm³/mol. The molecule has 0 aliphatic heterocycles. The van der Waals surface area contributed by atoms with Gasteiger partial charge in [0.25, 0.3) is 5.91 Å². The van der Waals surface area contributed by atoms with Crippen LogP contribution in [0.15, 0.2) is 60.9 Å². The molecule has 9 heteroatoms. The zero-order valence-corrected chi connectivity index (χ0v) is 16.2. The number of amides is 1. The fourth-order valence-electron chi connectivity index (χ4n) is 2.47. The number of anilines is 1. The zero-order valence-electron chi connectivity index (χ0n) is 14.7. The molecule has 1 N–H and O–H groups in total. The number of carbonyl (C=O) groups excluding carboxylic acids is 1. The molecule has 0 fully saturated rings. The number of imidazole rings is 1. The summed E-state index contributed by atoms with van der Waals surface area (Å²) >= 11 is 7.09. The van der Waals surface area contributed by atoms with E-state index in [-0.39, 0.29) is 5.91 Å². The molecule has 28 heavy (non-hydrogen) atoms. The minimum absolute atomic E-state index is 0.207. The van der Waals surface area contributed by atoms with Gasteiger partial charge in [-0.15, -0.1) is 21.5 Å². The summed E-state index contributed by atoms with van der Waals surface area (Å²) in [4.78, 5) is 16.9. The maximum Gasteiger partial charge on any atom is 0.265 e. The van der Waals surface area contributed by atoms with Crippen molar-refractivity contribution in [3.8, 4) is 17.4 Å². The van der Waals surface area contributed by atoms with Crippen LogP contribution in [-0.2, 0) is 0 Å². The van der Waals surface area contributed by atoms with Crippen molar-refractivity contribution < 1.29 is 9.53 Å². The van der Waals surface area contributed by atoms with Gasteiger partial charge in [-0.2, -0.15) is 0 Å². The normalized spacial score (nSPS) is 10.6. The Hall–Kier alpha value is -3.23. The minimum Gasteiger partial charge on any atom is -0.438 e. The summed E-state index contributed by atoms with van der Waals surface area (Å²) in [6.45, 7) is 1.89. The highest BCUT2D eigenvalue weighted by Gasteiger charge is 2.09. The average Bonchev–Trinajstić information content (AvgIpc) is 3.32. The van der Waals surface area contributed by atoms with E-state index in [0.717, 1.165) is 5.82 Å². The largest absolute Gasteiger partial charge is 0.438 e. The molecule has 0 saturated carbocycles. The van der Waals surface area contributed by atoms with Gasteiger partial charge in [0, 0.05) is 24.1 Å². The molecule has 4 aromatic rings. The van der Waals surface area contributed by atoms with E-state index < -0.39 is 0 Å².